The van der Waals surface area contributed by atoms with Crippen molar-refractivity contribution in [3.8, 4) is 0 Å². The summed E-state index contributed by atoms with van der Waals surface area (Å²) in [5.74, 6) is -1.03. The van der Waals surface area contributed by atoms with Gasteiger partial charge in [-0.3, -0.25) is 9.00 Å². The molecule has 116 valence electrons. The summed E-state index contributed by atoms with van der Waals surface area (Å²) >= 11 is 0. The Labute approximate surface area is 122 Å². The molecule has 2 amide bonds. The highest BCUT2D eigenvalue weighted by atomic mass is 32.2. The van der Waals surface area contributed by atoms with Crippen LogP contribution in [-0.2, 0) is 15.6 Å². The van der Waals surface area contributed by atoms with Crippen molar-refractivity contribution in [3.63, 3.8) is 0 Å². The Bertz CT molecular complexity index is 387. The maximum absolute atomic E-state index is 12.0. The summed E-state index contributed by atoms with van der Waals surface area (Å²) in [5.41, 5.74) is 0. The van der Waals surface area contributed by atoms with E-state index < -0.39 is 22.7 Å². The molecule has 20 heavy (non-hydrogen) atoms. The molecule has 1 aliphatic rings. The van der Waals surface area contributed by atoms with Crippen molar-refractivity contribution in [3.05, 3.63) is 0 Å². The fourth-order valence-electron chi connectivity index (χ4n) is 2.10. The fourth-order valence-corrected chi connectivity index (χ4v) is 3.27. The van der Waals surface area contributed by atoms with Gasteiger partial charge in [-0.2, -0.15) is 0 Å². The summed E-state index contributed by atoms with van der Waals surface area (Å²) < 4.78 is 11.7. The van der Waals surface area contributed by atoms with E-state index in [1.165, 1.54) is 0 Å². The molecule has 0 aromatic carbocycles. The molecule has 0 bridgehead atoms. The second kappa shape index (κ2) is 7.61. The molecule has 0 aromatic heterocycles. The molecule has 1 rings (SSSR count). The zero-order chi connectivity index (χ0) is 15.3. The molecule has 3 unspecified atom stereocenters. The van der Waals surface area contributed by atoms with E-state index in [9.17, 15) is 13.8 Å². The molecule has 1 saturated heterocycles. The SMILES string of the molecule is CC(C)C(CNC(=O)N1CCC(C)S(=O)CC1)C(=O)O. The lowest BCUT2D eigenvalue weighted by Gasteiger charge is -2.23. The zero-order valence-corrected chi connectivity index (χ0v) is 13.1. The van der Waals surface area contributed by atoms with Crippen LogP contribution < -0.4 is 5.32 Å². The number of carboxylic acids is 1. The molecule has 7 heteroatoms. The second-order valence-corrected chi connectivity index (χ2v) is 7.52. The topological polar surface area (TPSA) is 86.7 Å². The molecular weight excluding hydrogens is 280 g/mol. The van der Waals surface area contributed by atoms with Gasteiger partial charge in [0.2, 0.25) is 0 Å². The molecule has 3 atom stereocenters. The summed E-state index contributed by atoms with van der Waals surface area (Å²) in [7, 11) is -0.883. The third-order valence-electron chi connectivity index (χ3n) is 3.70. The highest BCUT2D eigenvalue weighted by molar-refractivity contribution is 7.85. The van der Waals surface area contributed by atoms with E-state index in [1.54, 1.807) is 4.90 Å². The van der Waals surface area contributed by atoms with Crippen LogP contribution >= 0.6 is 0 Å². The third kappa shape index (κ3) is 4.77. The van der Waals surface area contributed by atoms with Crippen molar-refractivity contribution in [2.45, 2.75) is 32.4 Å². The fraction of sp³-hybridized carbons (Fsp3) is 0.846. The Kier molecular flexibility index (Phi) is 6.45. The van der Waals surface area contributed by atoms with Gasteiger partial charge in [-0.25, -0.2) is 4.79 Å². The van der Waals surface area contributed by atoms with Crippen molar-refractivity contribution in [1.29, 1.82) is 0 Å². The third-order valence-corrected chi connectivity index (χ3v) is 5.42. The van der Waals surface area contributed by atoms with Gasteiger partial charge in [0.1, 0.15) is 0 Å². The minimum Gasteiger partial charge on any atom is -0.481 e. The van der Waals surface area contributed by atoms with Crippen LogP contribution in [0.1, 0.15) is 27.2 Å². The molecule has 1 fully saturated rings. The van der Waals surface area contributed by atoms with Gasteiger partial charge >= 0.3 is 12.0 Å². The van der Waals surface area contributed by atoms with Gasteiger partial charge in [-0.05, 0) is 12.3 Å². The number of carbonyl (C=O) groups excluding carboxylic acids is 1. The van der Waals surface area contributed by atoms with Gasteiger partial charge in [0, 0.05) is 41.4 Å². The molecule has 0 spiro atoms. The van der Waals surface area contributed by atoms with Crippen LogP contribution in [0.3, 0.4) is 0 Å². The number of aliphatic carboxylic acids is 1. The number of amides is 2. The second-order valence-electron chi connectivity index (χ2n) is 5.55. The summed E-state index contributed by atoms with van der Waals surface area (Å²) in [6.07, 6.45) is 0.715. The number of nitrogens with zero attached hydrogens (tertiary/aromatic N) is 1. The summed E-state index contributed by atoms with van der Waals surface area (Å²) in [6, 6.07) is -0.261. The number of rotatable bonds is 4. The maximum Gasteiger partial charge on any atom is 0.317 e. The number of carboxylic acid groups (broad SMARTS) is 1. The molecule has 0 aromatic rings. The molecule has 2 N–H and O–H groups in total. The monoisotopic (exact) mass is 304 g/mol. The average molecular weight is 304 g/mol. The Morgan fingerprint density at radius 3 is 2.60 bits per heavy atom. The molecule has 1 heterocycles. The highest BCUT2D eigenvalue weighted by Gasteiger charge is 2.25. The first kappa shape index (κ1) is 16.9. The first-order valence-corrected chi connectivity index (χ1v) is 8.34. The predicted octanol–water partition coefficient (Wildman–Crippen LogP) is 0.896. The first-order chi connectivity index (χ1) is 9.32. The summed E-state index contributed by atoms with van der Waals surface area (Å²) in [5, 5.41) is 11.9. The van der Waals surface area contributed by atoms with Crippen LogP contribution in [0.2, 0.25) is 0 Å². The standard InChI is InChI=1S/C13H24N2O4S/c1-9(2)11(12(16)17)8-14-13(18)15-5-4-10(3)20(19)7-6-15/h9-11H,4-8H2,1-3H3,(H,14,18)(H,16,17). The van der Waals surface area contributed by atoms with Gasteiger partial charge in [-0.1, -0.05) is 20.8 Å². The predicted molar refractivity (Wildman–Crippen MR) is 78.0 cm³/mol. The van der Waals surface area contributed by atoms with E-state index in [-0.39, 0.29) is 23.7 Å². The molecule has 0 saturated carbocycles. The van der Waals surface area contributed by atoms with Gasteiger partial charge < -0.3 is 15.3 Å². The number of hydrogen-bond acceptors (Lipinski definition) is 3. The largest absolute Gasteiger partial charge is 0.481 e. The first-order valence-electron chi connectivity index (χ1n) is 6.95. The van der Waals surface area contributed by atoms with Crippen LogP contribution in [0.15, 0.2) is 0 Å². The highest BCUT2D eigenvalue weighted by Crippen LogP contribution is 2.12. The minimum atomic E-state index is -0.897. The van der Waals surface area contributed by atoms with Crippen molar-refractivity contribution in [2.75, 3.05) is 25.4 Å². The van der Waals surface area contributed by atoms with E-state index in [2.05, 4.69) is 5.32 Å². The maximum atomic E-state index is 12.0. The van der Waals surface area contributed by atoms with Crippen LogP contribution in [0.5, 0.6) is 0 Å². The van der Waals surface area contributed by atoms with E-state index in [1.807, 2.05) is 20.8 Å². The number of urea groups is 1. The molecule has 0 radical (unpaired) electrons. The van der Waals surface area contributed by atoms with E-state index >= 15 is 0 Å². The van der Waals surface area contributed by atoms with Crippen molar-refractivity contribution in [2.24, 2.45) is 11.8 Å². The summed E-state index contributed by atoms with van der Waals surface area (Å²) in [6.45, 7) is 6.72. The molecule has 0 aliphatic carbocycles. The van der Waals surface area contributed by atoms with E-state index in [0.29, 0.717) is 25.3 Å². The Balaban J connectivity index is 2.50. The number of carbonyl (C=O) groups is 2. The van der Waals surface area contributed by atoms with Gasteiger partial charge in [0.05, 0.1) is 5.92 Å². The normalized spacial score (nSPS) is 25.1. The van der Waals surface area contributed by atoms with Gasteiger partial charge in [-0.15, -0.1) is 0 Å². The molecule has 1 aliphatic heterocycles. The minimum absolute atomic E-state index is 0.0375. The molecular formula is C13H24N2O4S. The number of hydrogen-bond donors (Lipinski definition) is 2. The van der Waals surface area contributed by atoms with E-state index in [4.69, 9.17) is 5.11 Å². The van der Waals surface area contributed by atoms with Gasteiger partial charge in [0.15, 0.2) is 0 Å². The van der Waals surface area contributed by atoms with Crippen molar-refractivity contribution >= 4 is 22.8 Å². The van der Waals surface area contributed by atoms with Crippen LogP contribution in [-0.4, -0.2) is 56.9 Å². The smallest absolute Gasteiger partial charge is 0.317 e. The Morgan fingerprint density at radius 1 is 1.40 bits per heavy atom. The van der Waals surface area contributed by atoms with Crippen LogP contribution in [0.25, 0.3) is 0 Å². The lowest BCUT2D eigenvalue weighted by atomic mass is 9.96. The zero-order valence-electron chi connectivity index (χ0n) is 12.3. The summed E-state index contributed by atoms with van der Waals surface area (Å²) in [4.78, 5) is 24.7. The van der Waals surface area contributed by atoms with Crippen LogP contribution in [0, 0.1) is 11.8 Å². The number of nitrogens with one attached hydrogen (secondary N) is 1. The Hall–Kier alpha value is -1.11. The Morgan fingerprint density at radius 2 is 2.05 bits per heavy atom. The van der Waals surface area contributed by atoms with Gasteiger partial charge in [0.25, 0.3) is 0 Å². The lowest BCUT2D eigenvalue weighted by molar-refractivity contribution is -0.142. The quantitative estimate of drug-likeness (QED) is 0.808. The lowest BCUT2D eigenvalue weighted by Crippen LogP contribution is -2.44. The average Bonchev–Trinajstić information content (AvgIpc) is 2.52. The van der Waals surface area contributed by atoms with E-state index in [0.717, 1.165) is 0 Å². The van der Waals surface area contributed by atoms with Crippen molar-refractivity contribution < 1.29 is 18.9 Å². The molecule has 6 nitrogen and oxygen atoms in total. The van der Waals surface area contributed by atoms with Crippen LogP contribution in [0.4, 0.5) is 4.79 Å². The van der Waals surface area contributed by atoms with Crippen molar-refractivity contribution in [1.82, 2.24) is 10.2 Å².